The number of para-hydroxylation sites is 2. The van der Waals surface area contributed by atoms with Crippen molar-refractivity contribution < 1.29 is 0 Å². The molecule has 67 heavy (non-hydrogen) atoms. The average molecular weight is 861 g/mol. The second kappa shape index (κ2) is 17.8. The third kappa shape index (κ3) is 7.79. The molecule has 12 rings (SSSR count). The summed E-state index contributed by atoms with van der Waals surface area (Å²) >= 11 is 0. The van der Waals surface area contributed by atoms with E-state index in [-0.39, 0.29) is 0 Å². The molecule has 320 valence electrons. The van der Waals surface area contributed by atoms with Gasteiger partial charge in [-0.1, -0.05) is 158 Å². The molecule has 1 aliphatic heterocycles. The van der Waals surface area contributed by atoms with Crippen molar-refractivity contribution in [1.29, 1.82) is 0 Å². The van der Waals surface area contributed by atoms with Crippen molar-refractivity contribution in [2.24, 2.45) is 0 Å². The van der Waals surface area contributed by atoms with Gasteiger partial charge < -0.3 is 9.47 Å². The largest absolute Gasteiger partial charge is 0.317 e. The Morgan fingerprint density at radius 2 is 1.06 bits per heavy atom. The van der Waals surface area contributed by atoms with Gasteiger partial charge in [0.15, 0.2) is 5.82 Å². The molecule has 0 spiro atoms. The monoisotopic (exact) mass is 860 g/mol. The molecule has 0 unspecified atom stereocenters. The van der Waals surface area contributed by atoms with Crippen molar-refractivity contribution in [1.82, 2.24) is 14.5 Å². The number of anilines is 2. The summed E-state index contributed by atoms with van der Waals surface area (Å²) in [7, 11) is 0. The van der Waals surface area contributed by atoms with Gasteiger partial charge in [0, 0.05) is 50.6 Å². The fraction of sp³-hybridized carbons (Fsp3) is 0.0476. The lowest BCUT2D eigenvalue weighted by molar-refractivity contribution is 1.16. The van der Waals surface area contributed by atoms with Crippen LogP contribution in [0, 0.1) is 0 Å². The Bertz CT molecular complexity index is 3510. The third-order valence-electron chi connectivity index (χ3n) is 12.9. The minimum Gasteiger partial charge on any atom is -0.317 e. The Hall–Kier alpha value is -8.60. The molecule has 3 heterocycles. The first kappa shape index (κ1) is 41.1. The summed E-state index contributed by atoms with van der Waals surface area (Å²) in [6.07, 6.45) is 13.2. The van der Waals surface area contributed by atoms with Gasteiger partial charge in [0.2, 0.25) is 0 Å². The van der Waals surface area contributed by atoms with E-state index in [2.05, 4.69) is 222 Å². The van der Waals surface area contributed by atoms with Crippen LogP contribution in [0.25, 0.3) is 89.2 Å². The van der Waals surface area contributed by atoms with Crippen LogP contribution in [0.5, 0.6) is 0 Å². The molecule has 0 radical (unpaired) electrons. The Morgan fingerprint density at radius 1 is 0.463 bits per heavy atom. The molecule has 0 saturated carbocycles. The highest BCUT2D eigenvalue weighted by Crippen LogP contribution is 2.43. The summed E-state index contributed by atoms with van der Waals surface area (Å²) in [5.74, 6) is 0.730. The van der Waals surface area contributed by atoms with Crippen LogP contribution in [0.3, 0.4) is 0 Å². The predicted octanol–water partition coefficient (Wildman–Crippen LogP) is 16.6. The van der Waals surface area contributed by atoms with E-state index in [9.17, 15) is 0 Å². The Balaban J connectivity index is 0.00000119. The van der Waals surface area contributed by atoms with Gasteiger partial charge in [0.25, 0.3) is 0 Å². The van der Waals surface area contributed by atoms with E-state index >= 15 is 0 Å². The molecule has 4 heteroatoms. The molecule has 2 aliphatic rings. The second-order valence-electron chi connectivity index (χ2n) is 17.0. The Labute approximate surface area is 392 Å². The summed E-state index contributed by atoms with van der Waals surface area (Å²) in [6, 6.07) is 69.4. The SMILES string of the molecule is C/C=C\C.C=C1/C=C\C=C/N(c2ccccc2)c2ccc(-c3ccc4c(c3)c3ccccc3n4-c3ccc4c(c3)Cc3cc(-c5nc(-c6ccccc6)cc(-c6ccccc6)n5)ccc3-4)cc21. The van der Waals surface area contributed by atoms with E-state index in [1.165, 1.54) is 49.6 Å². The maximum Gasteiger partial charge on any atom is 0.160 e. The zero-order valence-corrected chi connectivity index (χ0v) is 37.6. The highest BCUT2D eigenvalue weighted by Gasteiger charge is 2.23. The highest BCUT2D eigenvalue weighted by molar-refractivity contribution is 6.10. The van der Waals surface area contributed by atoms with E-state index in [1.54, 1.807) is 0 Å². The van der Waals surface area contributed by atoms with Gasteiger partial charge in [-0.15, -0.1) is 0 Å². The van der Waals surface area contributed by atoms with Gasteiger partial charge in [-0.3, -0.25) is 0 Å². The summed E-state index contributed by atoms with van der Waals surface area (Å²) < 4.78 is 2.43. The van der Waals surface area contributed by atoms with Gasteiger partial charge in [-0.2, -0.15) is 0 Å². The third-order valence-corrected chi connectivity index (χ3v) is 12.9. The van der Waals surface area contributed by atoms with Gasteiger partial charge in [0.05, 0.1) is 28.1 Å². The van der Waals surface area contributed by atoms with E-state index in [1.807, 2.05) is 38.1 Å². The van der Waals surface area contributed by atoms with Crippen molar-refractivity contribution in [3.63, 3.8) is 0 Å². The van der Waals surface area contributed by atoms with Gasteiger partial charge in [-0.25, -0.2) is 9.97 Å². The van der Waals surface area contributed by atoms with Crippen LogP contribution >= 0.6 is 0 Å². The van der Waals surface area contributed by atoms with Gasteiger partial charge in [-0.05, 0) is 132 Å². The van der Waals surface area contributed by atoms with E-state index in [0.717, 1.165) is 74.1 Å². The smallest absolute Gasteiger partial charge is 0.160 e. The first-order valence-corrected chi connectivity index (χ1v) is 22.9. The van der Waals surface area contributed by atoms with Crippen molar-refractivity contribution in [2.75, 3.05) is 4.90 Å². The first-order valence-electron chi connectivity index (χ1n) is 22.9. The molecule has 0 amide bonds. The fourth-order valence-corrected chi connectivity index (χ4v) is 9.47. The molecule has 0 bridgehead atoms. The predicted molar refractivity (Wildman–Crippen MR) is 283 cm³/mol. The molecule has 4 nitrogen and oxygen atoms in total. The zero-order chi connectivity index (χ0) is 45.3. The molecule has 0 fully saturated rings. The molecule has 1 aliphatic carbocycles. The summed E-state index contributed by atoms with van der Waals surface area (Å²) in [5, 5.41) is 2.46. The maximum absolute atomic E-state index is 5.12. The Morgan fingerprint density at radius 3 is 1.78 bits per heavy atom. The summed E-state index contributed by atoms with van der Waals surface area (Å²) in [6.45, 7) is 8.47. The van der Waals surface area contributed by atoms with Crippen molar-refractivity contribution >= 4 is 38.8 Å². The van der Waals surface area contributed by atoms with E-state index < -0.39 is 0 Å². The normalized spacial score (nSPS) is 13.6. The van der Waals surface area contributed by atoms with E-state index in [4.69, 9.17) is 9.97 Å². The molecule has 0 saturated heterocycles. The second-order valence-corrected chi connectivity index (χ2v) is 17.0. The molecule has 0 N–H and O–H groups in total. The number of aromatic nitrogens is 3. The van der Waals surface area contributed by atoms with Crippen LogP contribution in [0.15, 0.2) is 237 Å². The van der Waals surface area contributed by atoms with Crippen molar-refractivity contribution in [3.8, 4) is 61.8 Å². The van der Waals surface area contributed by atoms with Crippen molar-refractivity contribution in [2.45, 2.75) is 20.3 Å². The quantitative estimate of drug-likeness (QED) is 0.156. The minimum absolute atomic E-state index is 0.730. The van der Waals surface area contributed by atoms with Crippen LogP contribution in [-0.2, 0) is 6.42 Å². The molecular weight excluding hydrogens is 813 g/mol. The highest BCUT2D eigenvalue weighted by atomic mass is 15.1. The number of nitrogens with zero attached hydrogens (tertiary/aromatic N) is 4. The first-order chi connectivity index (χ1) is 33.0. The fourth-order valence-electron chi connectivity index (χ4n) is 9.47. The molecule has 0 atom stereocenters. The minimum atomic E-state index is 0.730. The van der Waals surface area contributed by atoms with E-state index in [0.29, 0.717) is 0 Å². The van der Waals surface area contributed by atoms with Crippen LogP contribution in [0.2, 0.25) is 0 Å². The van der Waals surface area contributed by atoms with Crippen LogP contribution in [0.4, 0.5) is 11.4 Å². The lowest BCUT2D eigenvalue weighted by Crippen LogP contribution is -2.11. The lowest BCUT2D eigenvalue weighted by Gasteiger charge is -2.25. The van der Waals surface area contributed by atoms with Crippen molar-refractivity contribution in [3.05, 3.63) is 254 Å². The summed E-state index contributed by atoms with van der Waals surface area (Å²) in [4.78, 5) is 12.5. The number of rotatable bonds is 6. The number of fused-ring (bicyclic) bond motifs is 7. The number of hydrogen-bond acceptors (Lipinski definition) is 3. The van der Waals surface area contributed by atoms with Gasteiger partial charge in [0.1, 0.15) is 0 Å². The summed E-state index contributed by atoms with van der Waals surface area (Å²) in [5.41, 5.74) is 20.3. The molecule has 2 aromatic heterocycles. The number of benzene rings is 8. The van der Waals surface area contributed by atoms with Crippen LogP contribution < -0.4 is 4.90 Å². The topological polar surface area (TPSA) is 34.0 Å². The lowest BCUT2D eigenvalue weighted by atomic mass is 9.95. The number of hydrogen-bond donors (Lipinski definition) is 0. The molecule has 8 aromatic carbocycles. The molecule has 10 aromatic rings. The molecular formula is C63H48N4. The zero-order valence-electron chi connectivity index (χ0n) is 37.6. The van der Waals surface area contributed by atoms with Crippen LogP contribution in [-0.4, -0.2) is 14.5 Å². The maximum atomic E-state index is 5.12. The van der Waals surface area contributed by atoms with Gasteiger partial charge >= 0.3 is 0 Å². The number of allylic oxidation sites excluding steroid dienone is 6. The standard InChI is InChI=1S/C59H40N4.C4H8/c1-39-15-13-14-32-62(47-20-9-4-10-21-47)56-30-25-42(36-52(39)56)43-26-31-58-53(37-43)51-22-11-12-23-57(51)63(58)48-27-29-50-46(35-48)34-45-33-44(24-28-49(45)50)59-60-54(40-16-5-2-6-17-40)38-55(61-59)41-18-7-3-8-19-41;1-3-4-2/h2-33,35-38H,1,34H2;3-4H,1-2H3/b15-13-,32-14-;4-3-. The van der Waals surface area contributed by atoms with Crippen LogP contribution in [0.1, 0.15) is 30.5 Å². The average Bonchev–Trinajstić information content (AvgIpc) is 3.93. The Kier molecular flexibility index (Phi) is 10.9.